The fourth-order valence-corrected chi connectivity index (χ4v) is 3.56. The van der Waals surface area contributed by atoms with Crippen molar-refractivity contribution < 1.29 is 14.3 Å². The molecule has 0 aliphatic carbocycles. The highest BCUT2D eigenvalue weighted by molar-refractivity contribution is 6.35. The molecule has 1 aliphatic heterocycles. The number of nitrogens with zero attached hydrogens (tertiary/aromatic N) is 3. The summed E-state index contributed by atoms with van der Waals surface area (Å²) in [4.78, 5) is 27.0. The smallest absolute Gasteiger partial charge is 0.254 e. The van der Waals surface area contributed by atoms with Gasteiger partial charge in [0, 0.05) is 35.3 Å². The lowest BCUT2D eigenvalue weighted by molar-refractivity contribution is -0.119. The topological polar surface area (TPSA) is 76.5 Å². The van der Waals surface area contributed by atoms with E-state index < -0.39 is 6.04 Å². The SMILES string of the molecule is COc1cc(NC(=O)[C@H]2CCCN2C(=O)c2cc(Cl)cc(Cl)c2)nn1C. The maximum absolute atomic E-state index is 12.8. The van der Waals surface area contributed by atoms with Crippen LogP contribution < -0.4 is 10.1 Å². The van der Waals surface area contributed by atoms with Crippen molar-refractivity contribution in [2.75, 3.05) is 19.0 Å². The third-order valence-electron chi connectivity index (χ3n) is 4.22. The second-order valence-electron chi connectivity index (χ2n) is 6.00. The van der Waals surface area contributed by atoms with Crippen LogP contribution in [0.4, 0.5) is 5.82 Å². The summed E-state index contributed by atoms with van der Waals surface area (Å²) in [7, 11) is 3.24. The highest BCUT2D eigenvalue weighted by Gasteiger charge is 2.35. The number of ether oxygens (including phenoxy) is 1. The van der Waals surface area contributed by atoms with Crippen molar-refractivity contribution in [3.8, 4) is 5.88 Å². The summed E-state index contributed by atoms with van der Waals surface area (Å²) in [6.07, 6.45) is 1.32. The monoisotopic (exact) mass is 396 g/mol. The molecule has 1 aromatic carbocycles. The summed E-state index contributed by atoms with van der Waals surface area (Å²) in [5.41, 5.74) is 0.363. The molecule has 0 unspecified atom stereocenters. The molecule has 0 saturated carbocycles. The van der Waals surface area contributed by atoms with Gasteiger partial charge in [0.25, 0.3) is 5.91 Å². The van der Waals surface area contributed by atoms with Crippen molar-refractivity contribution in [1.29, 1.82) is 0 Å². The van der Waals surface area contributed by atoms with Gasteiger partial charge in [-0.2, -0.15) is 5.10 Å². The number of amides is 2. The normalized spacial score (nSPS) is 16.6. The first-order valence-electron chi connectivity index (χ1n) is 8.05. The van der Waals surface area contributed by atoms with Crippen LogP contribution in [0.3, 0.4) is 0 Å². The number of carbonyl (C=O) groups excluding carboxylic acids is 2. The number of hydrogen-bond donors (Lipinski definition) is 1. The molecule has 0 radical (unpaired) electrons. The summed E-state index contributed by atoms with van der Waals surface area (Å²) >= 11 is 12.0. The van der Waals surface area contributed by atoms with Crippen molar-refractivity contribution in [2.45, 2.75) is 18.9 Å². The molecule has 1 aliphatic rings. The van der Waals surface area contributed by atoms with Gasteiger partial charge in [0.1, 0.15) is 6.04 Å². The number of aryl methyl sites for hydroxylation is 1. The maximum Gasteiger partial charge on any atom is 0.254 e. The number of benzene rings is 1. The molecule has 9 heteroatoms. The van der Waals surface area contributed by atoms with Gasteiger partial charge in [-0.1, -0.05) is 23.2 Å². The maximum atomic E-state index is 12.8. The van der Waals surface area contributed by atoms with Crippen LogP contribution in [0.15, 0.2) is 24.3 Å². The van der Waals surface area contributed by atoms with Crippen LogP contribution in [0.2, 0.25) is 10.0 Å². The van der Waals surface area contributed by atoms with Crippen molar-refractivity contribution in [3.63, 3.8) is 0 Å². The molecule has 1 fully saturated rings. The van der Waals surface area contributed by atoms with Crippen LogP contribution in [0.25, 0.3) is 0 Å². The Balaban J connectivity index is 1.76. The van der Waals surface area contributed by atoms with Gasteiger partial charge in [0.05, 0.1) is 7.11 Å². The summed E-state index contributed by atoms with van der Waals surface area (Å²) in [6, 6.07) is 5.70. The van der Waals surface area contributed by atoms with Gasteiger partial charge in [0.2, 0.25) is 11.8 Å². The van der Waals surface area contributed by atoms with E-state index in [1.807, 2.05) is 0 Å². The highest BCUT2D eigenvalue weighted by atomic mass is 35.5. The van der Waals surface area contributed by atoms with Gasteiger partial charge < -0.3 is 15.0 Å². The molecule has 1 saturated heterocycles. The number of aromatic nitrogens is 2. The number of likely N-dealkylation sites (tertiary alicyclic amines) is 1. The summed E-state index contributed by atoms with van der Waals surface area (Å²) in [6.45, 7) is 0.493. The molecule has 1 aromatic heterocycles. The molecular formula is C17H18Cl2N4O3. The Bertz CT molecular complexity index is 832. The Kier molecular flexibility index (Phi) is 5.38. The Labute approximate surface area is 160 Å². The van der Waals surface area contributed by atoms with Gasteiger partial charge in [-0.15, -0.1) is 0 Å². The van der Waals surface area contributed by atoms with Crippen molar-refractivity contribution in [1.82, 2.24) is 14.7 Å². The molecular weight excluding hydrogens is 379 g/mol. The number of hydrogen-bond acceptors (Lipinski definition) is 4. The first-order valence-corrected chi connectivity index (χ1v) is 8.80. The number of carbonyl (C=O) groups is 2. The number of halogens is 2. The van der Waals surface area contributed by atoms with Crippen LogP contribution in [-0.4, -0.2) is 46.2 Å². The van der Waals surface area contributed by atoms with Crippen LogP contribution in [-0.2, 0) is 11.8 Å². The van der Waals surface area contributed by atoms with Crippen LogP contribution in [0.5, 0.6) is 5.88 Å². The average Bonchev–Trinajstić information content (AvgIpc) is 3.19. The first-order chi connectivity index (χ1) is 12.4. The van der Waals surface area contributed by atoms with E-state index in [9.17, 15) is 9.59 Å². The lowest BCUT2D eigenvalue weighted by Gasteiger charge is -2.23. The molecule has 1 N–H and O–H groups in total. The van der Waals surface area contributed by atoms with Gasteiger partial charge in [-0.05, 0) is 31.0 Å². The zero-order valence-corrected chi connectivity index (χ0v) is 15.8. The number of anilines is 1. The van der Waals surface area contributed by atoms with E-state index in [2.05, 4.69) is 10.4 Å². The first kappa shape index (κ1) is 18.5. The molecule has 0 spiro atoms. The van der Waals surface area contributed by atoms with E-state index >= 15 is 0 Å². The second-order valence-corrected chi connectivity index (χ2v) is 6.87. The predicted octanol–water partition coefficient (Wildman–Crippen LogP) is 2.98. The average molecular weight is 397 g/mol. The summed E-state index contributed by atoms with van der Waals surface area (Å²) in [5, 5.41) is 7.66. The van der Waals surface area contributed by atoms with E-state index in [4.69, 9.17) is 27.9 Å². The van der Waals surface area contributed by atoms with E-state index in [1.165, 1.54) is 16.7 Å². The minimum atomic E-state index is -0.576. The minimum Gasteiger partial charge on any atom is -0.481 e. The second kappa shape index (κ2) is 7.55. The van der Waals surface area contributed by atoms with Crippen LogP contribution in [0.1, 0.15) is 23.2 Å². The molecule has 1 atom stereocenters. The third kappa shape index (κ3) is 3.78. The molecule has 2 amide bonds. The fraction of sp³-hybridized carbons (Fsp3) is 0.353. The lowest BCUT2D eigenvalue weighted by atomic mass is 10.1. The van der Waals surface area contributed by atoms with Gasteiger partial charge in [0.15, 0.2) is 5.82 Å². The fourth-order valence-electron chi connectivity index (χ4n) is 3.04. The van der Waals surface area contributed by atoms with Gasteiger partial charge in [-0.3, -0.25) is 9.59 Å². The van der Waals surface area contributed by atoms with E-state index in [0.29, 0.717) is 40.3 Å². The lowest BCUT2D eigenvalue weighted by Crippen LogP contribution is -2.43. The van der Waals surface area contributed by atoms with E-state index in [0.717, 1.165) is 6.42 Å². The van der Waals surface area contributed by atoms with Crippen molar-refractivity contribution in [2.24, 2.45) is 7.05 Å². The Hall–Kier alpha value is -2.25. The molecule has 2 aromatic rings. The van der Waals surface area contributed by atoms with Crippen molar-refractivity contribution >= 4 is 40.8 Å². The Morgan fingerprint density at radius 2 is 1.92 bits per heavy atom. The van der Waals surface area contributed by atoms with E-state index in [1.54, 1.807) is 31.3 Å². The molecule has 138 valence electrons. The molecule has 3 rings (SSSR count). The molecule has 0 bridgehead atoms. The predicted molar refractivity (Wildman–Crippen MR) is 98.9 cm³/mol. The van der Waals surface area contributed by atoms with E-state index in [-0.39, 0.29) is 11.8 Å². The third-order valence-corrected chi connectivity index (χ3v) is 4.66. The quantitative estimate of drug-likeness (QED) is 0.861. The zero-order valence-electron chi connectivity index (χ0n) is 14.3. The van der Waals surface area contributed by atoms with Crippen molar-refractivity contribution in [3.05, 3.63) is 39.9 Å². The standard InChI is InChI=1S/C17H18Cl2N4O3/c1-22-15(26-2)9-14(21-22)20-16(24)13-4-3-5-23(13)17(25)10-6-11(18)8-12(19)7-10/h6-9,13H,3-5H2,1-2H3,(H,20,21,24)/t13-/m1/s1. The molecule has 7 nitrogen and oxygen atoms in total. The number of nitrogens with one attached hydrogen (secondary N) is 1. The van der Waals surface area contributed by atoms with Gasteiger partial charge in [-0.25, -0.2) is 4.68 Å². The molecule has 2 heterocycles. The van der Waals surface area contributed by atoms with Gasteiger partial charge >= 0.3 is 0 Å². The van der Waals surface area contributed by atoms with Crippen LogP contribution in [0, 0.1) is 0 Å². The van der Waals surface area contributed by atoms with Crippen LogP contribution >= 0.6 is 23.2 Å². The summed E-state index contributed by atoms with van der Waals surface area (Å²) in [5.74, 6) is 0.336. The Morgan fingerprint density at radius 1 is 1.23 bits per heavy atom. The Morgan fingerprint density at radius 3 is 2.54 bits per heavy atom. The minimum absolute atomic E-state index is 0.273. The largest absolute Gasteiger partial charge is 0.481 e. The highest BCUT2D eigenvalue weighted by Crippen LogP contribution is 2.25. The molecule has 26 heavy (non-hydrogen) atoms. The number of methoxy groups -OCH3 is 1. The number of rotatable bonds is 4. The zero-order chi connectivity index (χ0) is 18.8. The summed E-state index contributed by atoms with van der Waals surface area (Å²) < 4.78 is 6.65.